The summed E-state index contributed by atoms with van der Waals surface area (Å²) in [6.45, 7) is 7.28. The standard InChI is InChI=1S/C23H31N7O/c1-27-10-12-28(13-11-27)20-15-21(26-23(24)25-20)30-9-6-17-4-5-18(14-19(17)16-30)22(31)29-7-2-3-8-29/h4-5,14-15H,2-3,6-13,16H2,1H3,(H2,24,25,26). The number of aromatic nitrogens is 2. The summed E-state index contributed by atoms with van der Waals surface area (Å²) < 4.78 is 0. The number of hydrogen-bond acceptors (Lipinski definition) is 7. The van der Waals surface area contributed by atoms with Crippen LogP contribution in [0, 0.1) is 0 Å². The molecule has 31 heavy (non-hydrogen) atoms. The van der Waals surface area contributed by atoms with E-state index < -0.39 is 0 Å². The van der Waals surface area contributed by atoms with Crippen molar-refractivity contribution in [3.8, 4) is 0 Å². The average Bonchev–Trinajstić information content (AvgIpc) is 3.33. The highest BCUT2D eigenvalue weighted by atomic mass is 16.2. The number of fused-ring (bicyclic) bond motifs is 1. The lowest BCUT2D eigenvalue weighted by Crippen LogP contribution is -2.45. The second-order valence-electron chi connectivity index (χ2n) is 8.89. The predicted octanol–water partition coefficient (Wildman–Crippen LogP) is 1.61. The predicted molar refractivity (Wildman–Crippen MR) is 122 cm³/mol. The Labute approximate surface area is 183 Å². The Balaban J connectivity index is 1.36. The summed E-state index contributed by atoms with van der Waals surface area (Å²) in [5, 5.41) is 0. The van der Waals surface area contributed by atoms with E-state index in [1.165, 1.54) is 11.1 Å². The monoisotopic (exact) mass is 421 g/mol. The number of nitrogens with zero attached hydrogens (tertiary/aromatic N) is 6. The first-order valence-electron chi connectivity index (χ1n) is 11.3. The molecule has 1 aromatic carbocycles. The van der Waals surface area contributed by atoms with Gasteiger partial charge in [0.2, 0.25) is 5.95 Å². The SMILES string of the molecule is CN1CCN(c2cc(N3CCc4ccc(C(=O)N5CCCC5)cc4C3)nc(N)n2)CC1. The Bertz CT molecular complexity index is 964. The number of nitrogen functional groups attached to an aromatic ring is 1. The first-order valence-corrected chi connectivity index (χ1v) is 11.3. The van der Waals surface area contributed by atoms with Crippen LogP contribution in [0.2, 0.25) is 0 Å². The summed E-state index contributed by atoms with van der Waals surface area (Å²) in [4.78, 5) is 30.7. The van der Waals surface area contributed by atoms with Crippen molar-refractivity contribution in [1.29, 1.82) is 0 Å². The number of benzene rings is 1. The van der Waals surface area contributed by atoms with Crippen molar-refractivity contribution >= 4 is 23.5 Å². The van der Waals surface area contributed by atoms with Crippen molar-refractivity contribution in [1.82, 2.24) is 19.8 Å². The topological polar surface area (TPSA) is 81.8 Å². The van der Waals surface area contributed by atoms with Gasteiger partial charge in [0.1, 0.15) is 11.6 Å². The Morgan fingerprint density at radius 1 is 0.871 bits per heavy atom. The third-order valence-electron chi connectivity index (χ3n) is 6.73. The van der Waals surface area contributed by atoms with Crippen molar-refractivity contribution < 1.29 is 4.79 Å². The number of hydrogen-bond donors (Lipinski definition) is 1. The third kappa shape index (κ3) is 4.17. The van der Waals surface area contributed by atoms with Crippen molar-refractivity contribution in [2.24, 2.45) is 0 Å². The second kappa shape index (κ2) is 8.34. The van der Waals surface area contributed by atoms with E-state index in [1.807, 2.05) is 11.0 Å². The molecule has 3 aliphatic heterocycles. The van der Waals surface area contributed by atoms with Crippen LogP contribution in [0.4, 0.5) is 17.6 Å². The highest BCUT2D eigenvalue weighted by molar-refractivity contribution is 5.94. The van der Waals surface area contributed by atoms with Crippen LogP contribution in [-0.2, 0) is 13.0 Å². The Hall–Kier alpha value is -2.87. The quantitative estimate of drug-likeness (QED) is 0.806. The molecule has 8 nitrogen and oxygen atoms in total. The molecule has 1 amide bonds. The van der Waals surface area contributed by atoms with Crippen LogP contribution in [-0.4, -0.2) is 78.5 Å². The van der Waals surface area contributed by atoms with Gasteiger partial charge >= 0.3 is 0 Å². The number of carbonyl (C=O) groups is 1. The Morgan fingerprint density at radius 3 is 2.32 bits per heavy atom. The minimum absolute atomic E-state index is 0.154. The molecule has 0 atom stereocenters. The van der Waals surface area contributed by atoms with E-state index in [2.05, 4.69) is 49.9 Å². The van der Waals surface area contributed by atoms with Crippen molar-refractivity contribution in [2.75, 3.05) is 68.4 Å². The van der Waals surface area contributed by atoms with E-state index in [1.54, 1.807) is 0 Å². The molecule has 0 unspecified atom stereocenters. The summed E-state index contributed by atoms with van der Waals surface area (Å²) >= 11 is 0. The van der Waals surface area contributed by atoms with Gasteiger partial charge in [-0.05, 0) is 49.6 Å². The zero-order valence-electron chi connectivity index (χ0n) is 18.3. The molecular formula is C23H31N7O. The van der Waals surface area contributed by atoms with Crippen molar-refractivity contribution in [3.63, 3.8) is 0 Å². The first kappa shape index (κ1) is 20.1. The van der Waals surface area contributed by atoms with Gasteiger partial charge in [0.05, 0.1) is 0 Å². The second-order valence-corrected chi connectivity index (χ2v) is 8.89. The fraction of sp³-hybridized carbons (Fsp3) is 0.522. The lowest BCUT2D eigenvalue weighted by atomic mass is 9.97. The summed E-state index contributed by atoms with van der Waals surface area (Å²) in [6, 6.07) is 8.25. The van der Waals surface area contributed by atoms with Gasteiger partial charge in [0, 0.05) is 64.0 Å². The van der Waals surface area contributed by atoms with Crippen molar-refractivity contribution in [3.05, 3.63) is 41.0 Å². The van der Waals surface area contributed by atoms with E-state index in [9.17, 15) is 4.79 Å². The van der Waals surface area contributed by atoms with Crippen LogP contribution in [0.15, 0.2) is 24.3 Å². The van der Waals surface area contributed by atoms with Crippen LogP contribution >= 0.6 is 0 Å². The van der Waals surface area contributed by atoms with Crippen LogP contribution in [0.5, 0.6) is 0 Å². The number of nitrogens with two attached hydrogens (primary N) is 1. The molecule has 0 aliphatic carbocycles. The summed E-state index contributed by atoms with van der Waals surface area (Å²) in [7, 11) is 2.14. The molecule has 5 rings (SSSR count). The van der Waals surface area contributed by atoms with Crippen molar-refractivity contribution in [2.45, 2.75) is 25.8 Å². The lowest BCUT2D eigenvalue weighted by Gasteiger charge is -2.34. The van der Waals surface area contributed by atoms with E-state index in [4.69, 9.17) is 5.73 Å². The van der Waals surface area contributed by atoms with Gasteiger partial charge in [-0.25, -0.2) is 0 Å². The Morgan fingerprint density at radius 2 is 1.58 bits per heavy atom. The number of carbonyl (C=O) groups excluding carboxylic acids is 1. The minimum Gasteiger partial charge on any atom is -0.368 e. The molecule has 0 spiro atoms. The number of rotatable bonds is 3. The zero-order valence-corrected chi connectivity index (χ0v) is 18.3. The Kier molecular flexibility index (Phi) is 5.40. The molecule has 2 fully saturated rings. The van der Waals surface area contributed by atoms with E-state index in [0.717, 1.165) is 88.8 Å². The first-order chi connectivity index (χ1) is 15.1. The number of anilines is 3. The lowest BCUT2D eigenvalue weighted by molar-refractivity contribution is 0.0792. The summed E-state index contributed by atoms with van der Waals surface area (Å²) in [5.74, 6) is 2.24. The molecule has 0 radical (unpaired) electrons. The highest BCUT2D eigenvalue weighted by Crippen LogP contribution is 2.28. The van der Waals surface area contributed by atoms with Gasteiger partial charge in [-0.3, -0.25) is 4.79 Å². The van der Waals surface area contributed by atoms with E-state index >= 15 is 0 Å². The van der Waals surface area contributed by atoms with E-state index in [-0.39, 0.29) is 5.91 Å². The number of likely N-dealkylation sites (N-methyl/N-ethyl adjacent to an activating group) is 1. The maximum Gasteiger partial charge on any atom is 0.253 e. The van der Waals surface area contributed by atoms with Crippen LogP contribution in [0.3, 0.4) is 0 Å². The van der Waals surface area contributed by atoms with Gasteiger partial charge in [0.15, 0.2) is 0 Å². The normalized spacial score (nSPS) is 19.6. The number of amides is 1. The van der Waals surface area contributed by atoms with E-state index in [0.29, 0.717) is 5.95 Å². The average molecular weight is 422 g/mol. The zero-order chi connectivity index (χ0) is 21.4. The largest absolute Gasteiger partial charge is 0.368 e. The van der Waals surface area contributed by atoms with Crippen LogP contribution < -0.4 is 15.5 Å². The van der Waals surface area contributed by atoms with Gasteiger partial charge in [-0.1, -0.05) is 6.07 Å². The molecule has 0 saturated carbocycles. The van der Waals surface area contributed by atoms with Gasteiger partial charge in [0.25, 0.3) is 5.91 Å². The van der Waals surface area contributed by atoms with Crippen LogP contribution in [0.25, 0.3) is 0 Å². The molecule has 0 bridgehead atoms. The number of piperazine rings is 1. The smallest absolute Gasteiger partial charge is 0.253 e. The maximum atomic E-state index is 12.8. The molecule has 3 aliphatic rings. The molecule has 2 N–H and O–H groups in total. The fourth-order valence-corrected chi connectivity index (χ4v) is 4.79. The molecule has 2 saturated heterocycles. The molecular weight excluding hydrogens is 390 g/mol. The minimum atomic E-state index is 0.154. The molecule has 4 heterocycles. The molecule has 1 aromatic heterocycles. The molecule has 8 heteroatoms. The van der Waals surface area contributed by atoms with Crippen LogP contribution in [0.1, 0.15) is 34.3 Å². The maximum absolute atomic E-state index is 12.8. The summed E-state index contributed by atoms with van der Waals surface area (Å²) in [5.41, 5.74) is 9.41. The van der Waals surface area contributed by atoms with Gasteiger partial charge in [-0.2, -0.15) is 9.97 Å². The van der Waals surface area contributed by atoms with Gasteiger partial charge < -0.3 is 25.3 Å². The number of likely N-dealkylation sites (tertiary alicyclic amines) is 1. The molecule has 2 aromatic rings. The highest BCUT2D eigenvalue weighted by Gasteiger charge is 2.24. The fourth-order valence-electron chi connectivity index (χ4n) is 4.79. The molecule has 164 valence electrons. The van der Waals surface area contributed by atoms with Gasteiger partial charge in [-0.15, -0.1) is 0 Å². The third-order valence-corrected chi connectivity index (χ3v) is 6.73. The summed E-state index contributed by atoms with van der Waals surface area (Å²) in [6.07, 6.45) is 3.14.